The highest BCUT2D eigenvalue weighted by atomic mass is 16.7. The largest absolute Gasteiger partial charge is 0.497 e. The van der Waals surface area contributed by atoms with Gasteiger partial charge in [-0.05, 0) is 30.5 Å². The minimum Gasteiger partial charge on any atom is -0.497 e. The number of nitrogens with one attached hydrogen (secondary N) is 1. The van der Waals surface area contributed by atoms with Crippen molar-refractivity contribution in [2.75, 3.05) is 20.7 Å². The van der Waals surface area contributed by atoms with Crippen molar-refractivity contribution < 1.29 is 24.0 Å². The van der Waals surface area contributed by atoms with Gasteiger partial charge < -0.3 is 10.1 Å². The molecule has 4 rings (SSSR count). The van der Waals surface area contributed by atoms with Gasteiger partial charge in [-0.25, -0.2) is 0 Å². The molecule has 8 nitrogen and oxygen atoms in total. The van der Waals surface area contributed by atoms with E-state index in [4.69, 9.17) is 9.57 Å². The van der Waals surface area contributed by atoms with Crippen molar-refractivity contribution in [2.24, 2.45) is 5.92 Å². The first-order valence-electron chi connectivity index (χ1n) is 10.2. The standard InChI is InChI=1S/C21H27N3O5/c1-23-20(26)17-18(13-7-6-10-15(11-13)28-2)24(29-19(17)21(23)27)12-16(25)22-14-8-4-3-5-9-14/h6-7,10-11,14,17-19H,3-5,8-9,12H2,1-2H3,(H,22,25). The van der Waals surface area contributed by atoms with Crippen LogP contribution >= 0.6 is 0 Å². The molecule has 2 heterocycles. The van der Waals surface area contributed by atoms with Gasteiger partial charge in [-0.15, -0.1) is 0 Å². The molecule has 29 heavy (non-hydrogen) atoms. The minimum atomic E-state index is -0.897. The molecule has 3 unspecified atom stereocenters. The second-order valence-corrected chi connectivity index (χ2v) is 7.99. The Bertz CT molecular complexity index is 807. The first-order chi connectivity index (χ1) is 14.0. The number of amides is 3. The van der Waals surface area contributed by atoms with E-state index in [9.17, 15) is 14.4 Å². The summed E-state index contributed by atoms with van der Waals surface area (Å²) in [7, 11) is 3.04. The highest BCUT2D eigenvalue weighted by Crippen LogP contribution is 2.44. The molecule has 3 amide bonds. The number of hydroxylamine groups is 2. The molecule has 2 aliphatic heterocycles. The van der Waals surface area contributed by atoms with Crippen LogP contribution in [-0.2, 0) is 19.2 Å². The molecule has 0 bridgehead atoms. The van der Waals surface area contributed by atoms with Crippen molar-refractivity contribution in [3.05, 3.63) is 29.8 Å². The molecule has 1 aliphatic carbocycles. The number of rotatable bonds is 5. The van der Waals surface area contributed by atoms with Gasteiger partial charge in [0.05, 0.1) is 19.1 Å². The monoisotopic (exact) mass is 401 g/mol. The average Bonchev–Trinajstić information content (AvgIpc) is 3.20. The molecule has 3 atom stereocenters. The van der Waals surface area contributed by atoms with Crippen LogP contribution in [0.5, 0.6) is 5.75 Å². The molecular weight excluding hydrogens is 374 g/mol. The summed E-state index contributed by atoms with van der Waals surface area (Å²) < 4.78 is 5.31. The number of ether oxygens (including phenoxy) is 1. The summed E-state index contributed by atoms with van der Waals surface area (Å²) in [6.07, 6.45) is 4.53. The first kappa shape index (κ1) is 19.8. The Morgan fingerprint density at radius 1 is 1.21 bits per heavy atom. The van der Waals surface area contributed by atoms with Gasteiger partial charge in [-0.3, -0.25) is 24.1 Å². The number of fused-ring (bicyclic) bond motifs is 1. The topological polar surface area (TPSA) is 88.2 Å². The van der Waals surface area contributed by atoms with E-state index in [1.807, 2.05) is 24.3 Å². The van der Waals surface area contributed by atoms with Gasteiger partial charge in [0, 0.05) is 13.1 Å². The van der Waals surface area contributed by atoms with Crippen molar-refractivity contribution in [1.82, 2.24) is 15.3 Å². The molecule has 3 aliphatic rings. The van der Waals surface area contributed by atoms with Gasteiger partial charge in [-0.2, -0.15) is 5.06 Å². The van der Waals surface area contributed by atoms with Gasteiger partial charge in [0.2, 0.25) is 11.8 Å². The Hall–Kier alpha value is -2.45. The Balaban J connectivity index is 1.57. The quantitative estimate of drug-likeness (QED) is 0.751. The van der Waals surface area contributed by atoms with Crippen LogP contribution < -0.4 is 10.1 Å². The summed E-state index contributed by atoms with van der Waals surface area (Å²) in [5, 5.41) is 4.56. The van der Waals surface area contributed by atoms with Crippen molar-refractivity contribution in [3.8, 4) is 5.75 Å². The van der Waals surface area contributed by atoms with Crippen molar-refractivity contribution >= 4 is 17.7 Å². The van der Waals surface area contributed by atoms with Gasteiger partial charge in [0.25, 0.3) is 5.91 Å². The molecular formula is C21H27N3O5. The molecule has 1 aromatic carbocycles. The number of hydrogen-bond acceptors (Lipinski definition) is 6. The Morgan fingerprint density at radius 2 is 1.97 bits per heavy atom. The zero-order valence-electron chi connectivity index (χ0n) is 16.8. The van der Waals surface area contributed by atoms with Crippen molar-refractivity contribution in [3.63, 3.8) is 0 Å². The molecule has 0 aromatic heterocycles. The van der Waals surface area contributed by atoms with Crippen LogP contribution in [0, 0.1) is 5.92 Å². The van der Waals surface area contributed by atoms with Crippen LogP contribution in [0.1, 0.15) is 43.7 Å². The number of carbonyl (C=O) groups excluding carboxylic acids is 3. The summed E-state index contributed by atoms with van der Waals surface area (Å²) in [6.45, 7) is -0.0321. The van der Waals surface area contributed by atoms with Crippen LogP contribution in [0.25, 0.3) is 0 Å². The van der Waals surface area contributed by atoms with E-state index in [2.05, 4.69) is 5.32 Å². The third kappa shape index (κ3) is 3.74. The van der Waals surface area contributed by atoms with E-state index in [1.165, 1.54) is 18.5 Å². The minimum absolute atomic E-state index is 0.0321. The van der Waals surface area contributed by atoms with Gasteiger partial charge in [0.15, 0.2) is 6.10 Å². The maximum atomic E-state index is 12.8. The SMILES string of the molecule is COc1cccc(C2C3C(=O)N(C)C(=O)C3ON2CC(=O)NC2CCCCC2)c1. The fourth-order valence-electron chi connectivity index (χ4n) is 4.60. The van der Waals surface area contributed by atoms with Gasteiger partial charge in [0.1, 0.15) is 12.3 Å². The lowest BCUT2D eigenvalue weighted by atomic mass is 9.90. The van der Waals surface area contributed by atoms with Crippen molar-refractivity contribution in [1.29, 1.82) is 0 Å². The molecule has 156 valence electrons. The molecule has 1 saturated carbocycles. The van der Waals surface area contributed by atoms with Crippen LogP contribution in [0.4, 0.5) is 0 Å². The summed E-state index contributed by atoms with van der Waals surface area (Å²) in [5.41, 5.74) is 0.777. The van der Waals surface area contributed by atoms with Gasteiger partial charge >= 0.3 is 0 Å². The molecule has 1 N–H and O–H groups in total. The second-order valence-electron chi connectivity index (χ2n) is 7.99. The molecule has 0 spiro atoms. The van der Waals surface area contributed by atoms with E-state index < -0.39 is 18.1 Å². The predicted molar refractivity (Wildman–Crippen MR) is 104 cm³/mol. The summed E-state index contributed by atoms with van der Waals surface area (Å²) >= 11 is 0. The molecule has 1 aromatic rings. The lowest BCUT2D eigenvalue weighted by Gasteiger charge is -2.28. The van der Waals surface area contributed by atoms with E-state index in [0.29, 0.717) is 5.75 Å². The van der Waals surface area contributed by atoms with E-state index in [-0.39, 0.29) is 30.3 Å². The zero-order chi connectivity index (χ0) is 20.5. The third-order valence-electron chi connectivity index (χ3n) is 6.12. The fourth-order valence-corrected chi connectivity index (χ4v) is 4.60. The summed E-state index contributed by atoms with van der Waals surface area (Å²) in [4.78, 5) is 44.9. The molecule has 0 radical (unpaired) electrons. The zero-order valence-corrected chi connectivity index (χ0v) is 16.8. The lowest BCUT2D eigenvalue weighted by Crippen LogP contribution is -2.44. The van der Waals surface area contributed by atoms with Crippen LogP contribution in [0.3, 0.4) is 0 Å². The van der Waals surface area contributed by atoms with Crippen LogP contribution in [0.2, 0.25) is 0 Å². The first-order valence-corrected chi connectivity index (χ1v) is 10.2. The number of likely N-dealkylation sites (N-methyl/N-ethyl adjacent to an activating group) is 1. The van der Waals surface area contributed by atoms with E-state index >= 15 is 0 Å². The van der Waals surface area contributed by atoms with Crippen molar-refractivity contribution in [2.45, 2.75) is 50.3 Å². The van der Waals surface area contributed by atoms with Gasteiger partial charge in [-0.1, -0.05) is 31.4 Å². The highest BCUT2D eigenvalue weighted by molar-refractivity contribution is 6.07. The smallest absolute Gasteiger partial charge is 0.261 e. The number of nitrogens with zero attached hydrogens (tertiary/aromatic N) is 2. The maximum absolute atomic E-state index is 12.8. The van der Waals surface area contributed by atoms with E-state index in [1.54, 1.807) is 7.11 Å². The summed E-state index contributed by atoms with van der Waals surface area (Å²) in [5.74, 6) is -0.853. The number of imide groups is 1. The Morgan fingerprint density at radius 3 is 2.69 bits per heavy atom. The number of benzene rings is 1. The number of methoxy groups -OCH3 is 1. The molecule has 3 fully saturated rings. The number of carbonyl (C=O) groups is 3. The fraction of sp³-hybridized carbons (Fsp3) is 0.571. The second kappa shape index (κ2) is 8.12. The lowest BCUT2D eigenvalue weighted by molar-refractivity contribution is -0.182. The van der Waals surface area contributed by atoms with E-state index in [0.717, 1.165) is 36.1 Å². The van der Waals surface area contributed by atoms with Crippen LogP contribution in [-0.4, -0.2) is 60.5 Å². The predicted octanol–water partition coefficient (Wildman–Crippen LogP) is 1.42. The normalized spacial score (nSPS) is 27.9. The highest BCUT2D eigenvalue weighted by Gasteiger charge is 2.58. The molecule has 2 saturated heterocycles. The Kier molecular flexibility index (Phi) is 5.56. The third-order valence-corrected chi connectivity index (χ3v) is 6.12. The molecule has 8 heteroatoms. The number of hydrogen-bond donors (Lipinski definition) is 1. The Labute approximate surface area is 170 Å². The summed E-state index contributed by atoms with van der Waals surface area (Å²) in [6, 6.07) is 6.97. The maximum Gasteiger partial charge on any atom is 0.261 e. The van der Waals surface area contributed by atoms with Crippen LogP contribution in [0.15, 0.2) is 24.3 Å². The number of likely N-dealkylation sites (tertiary alicyclic amines) is 1. The average molecular weight is 401 g/mol.